The van der Waals surface area contributed by atoms with Crippen LogP contribution in [0.1, 0.15) is 29.8 Å². The Hall–Kier alpha value is -2.82. The number of nitrogens with one attached hydrogen (secondary N) is 1. The van der Waals surface area contributed by atoms with Crippen LogP contribution in [0.25, 0.3) is 0 Å². The van der Waals surface area contributed by atoms with Gasteiger partial charge in [-0.3, -0.25) is 4.79 Å². The van der Waals surface area contributed by atoms with Crippen molar-refractivity contribution < 1.29 is 19.1 Å². The highest BCUT2D eigenvalue weighted by atomic mass is 16.5. The lowest BCUT2D eigenvalue weighted by Gasteiger charge is -2.11. The highest BCUT2D eigenvalue weighted by molar-refractivity contribution is 5.97. The number of ether oxygens (including phenoxy) is 2. The molecule has 0 bridgehead atoms. The first-order chi connectivity index (χ1) is 11.7. The molecular formula is C19H21NO4. The van der Waals surface area contributed by atoms with Crippen molar-refractivity contribution in [3.8, 4) is 5.75 Å². The maximum atomic E-state index is 12.1. The summed E-state index contributed by atoms with van der Waals surface area (Å²) < 4.78 is 10.5. The summed E-state index contributed by atoms with van der Waals surface area (Å²) in [5.41, 5.74) is 2.07. The van der Waals surface area contributed by atoms with E-state index in [0.717, 1.165) is 17.7 Å². The molecule has 126 valence electrons. The summed E-state index contributed by atoms with van der Waals surface area (Å²) in [6.07, 6.45) is 0.804. The first-order valence-corrected chi connectivity index (χ1v) is 7.92. The van der Waals surface area contributed by atoms with Crippen LogP contribution in [0.2, 0.25) is 0 Å². The number of anilines is 1. The van der Waals surface area contributed by atoms with E-state index in [4.69, 9.17) is 9.47 Å². The third-order valence-electron chi connectivity index (χ3n) is 3.41. The van der Waals surface area contributed by atoms with Gasteiger partial charge in [-0.25, -0.2) is 4.79 Å². The average Bonchev–Trinajstić information content (AvgIpc) is 2.61. The fourth-order valence-corrected chi connectivity index (χ4v) is 2.26. The first kappa shape index (κ1) is 17.5. The minimum atomic E-state index is -0.585. The fourth-order valence-electron chi connectivity index (χ4n) is 2.26. The summed E-state index contributed by atoms with van der Waals surface area (Å²) in [5.74, 6) is -0.516. The van der Waals surface area contributed by atoms with Crippen LogP contribution in [0.15, 0.2) is 48.5 Å². The van der Waals surface area contributed by atoms with Gasteiger partial charge in [0.1, 0.15) is 11.3 Å². The Labute approximate surface area is 141 Å². The molecule has 0 heterocycles. The van der Waals surface area contributed by atoms with Crippen LogP contribution in [0.4, 0.5) is 5.69 Å². The molecule has 24 heavy (non-hydrogen) atoms. The van der Waals surface area contributed by atoms with Crippen LogP contribution in [0.3, 0.4) is 0 Å². The summed E-state index contributed by atoms with van der Waals surface area (Å²) in [6.45, 7) is 3.94. The highest BCUT2D eigenvalue weighted by Crippen LogP contribution is 2.19. The number of para-hydroxylation sites is 2. The van der Waals surface area contributed by atoms with E-state index < -0.39 is 5.97 Å². The second-order valence-electron chi connectivity index (χ2n) is 5.06. The molecule has 5 heteroatoms. The van der Waals surface area contributed by atoms with E-state index in [2.05, 4.69) is 5.32 Å². The van der Waals surface area contributed by atoms with Gasteiger partial charge in [-0.05, 0) is 37.1 Å². The summed E-state index contributed by atoms with van der Waals surface area (Å²) in [4.78, 5) is 24.1. The van der Waals surface area contributed by atoms with Crippen LogP contribution >= 0.6 is 0 Å². The van der Waals surface area contributed by atoms with Gasteiger partial charge in [0, 0.05) is 5.69 Å². The molecule has 0 aliphatic carbocycles. The van der Waals surface area contributed by atoms with Crippen LogP contribution < -0.4 is 10.1 Å². The van der Waals surface area contributed by atoms with Crippen molar-refractivity contribution in [2.24, 2.45) is 0 Å². The summed E-state index contributed by atoms with van der Waals surface area (Å²) in [7, 11) is 0. The number of benzene rings is 2. The number of hydrogen-bond donors (Lipinski definition) is 1. The minimum Gasteiger partial charge on any atom is -0.493 e. The van der Waals surface area contributed by atoms with Gasteiger partial charge >= 0.3 is 5.97 Å². The van der Waals surface area contributed by atoms with Gasteiger partial charge in [0.15, 0.2) is 6.61 Å². The van der Waals surface area contributed by atoms with Gasteiger partial charge < -0.3 is 14.8 Å². The van der Waals surface area contributed by atoms with Gasteiger partial charge in [0.25, 0.3) is 5.91 Å². The van der Waals surface area contributed by atoms with Crippen molar-refractivity contribution in [3.05, 3.63) is 59.7 Å². The Kier molecular flexibility index (Phi) is 6.37. The van der Waals surface area contributed by atoms with E-state index in [0.29, 0.717) is 17.9 Å². The zero-order chi connectivity index (χ0) is 17.4. The second kappa shape index (κ2) is 8.72. The van der Waals surface area contributed by atoms with Crippen LogP contribution in [-0.2, 0) is 16.0 Å². The number of esters is 1. The molecule has 0 saturated carbocycles. The Morgan fingerprint density at radius 1 is 1.00 bits per heavy atom. The normalized spacial score (nSPS) is 10.1. The lowest BCUT2D eigenvalue weighted by Crippen LogP contribution is -2.21. The smallest absolute Gasteiger partial charge is 0.342 e. The molecule has 0 radical (unpaired) electrons. The van der Waals surface area contributed by atoms with Crippen molar-refractivity contribution in [1.82, 2.24) is 0 Å². The van der Waals surface area contributed by atoms with Crippen molar-refractivity contribution >= 4 is 17.6 Å². The molecule has 2 aromatic carbocycles. The summed E-state index contributed by atoms with van der Waals surface area (Å²) in [6, 6.07) is 14.3. The molecule has 0 aliphatic rings. The van der Waals surface area contributed by atoms with E-state index in [1.54, 1.807) is 24.3 Å². The van der Waals surface area contributed by atoms with Crippen LogP contribution in [0.5, 0.6) is 5.75 Å². The van der Waals surface area contributed by atoms with E-state index >= 15 is 0 Å². The van der Waals surface area contributed by atoms with Gasteiger partial charge in [-0.2, -0.15) is 0 Å². The summed E-state index contributed by atoms with van der Waals surface area (Å²) >= 11 is 0. The van der Waals surface area contributed by atoms with E-state index in [1.165, 1.54) is 0 Å². The summed E-state index contributed by atoms with van der Waals surface area (Å²) in [5, 5.41) is 2.76. The number of hydrogen-bond acceptors (Lipinski definition) is 4. The monoisotopic (exact) mass is 327 g/mol. The number of carbonyl (C=O) groups is 2. The van der Waals surface area contributed by atoms with E-state index in [1.807, 2.05) is 38.1 Å². The van der Waals surface area contributed by atoms with Crippen molar-refractivity contribution in [2.45, 2.75) is 20.3 Å². The second-order valence-corrected chi connectivity index (χ2v) is 5.06. The largest absolute Gasteiger partial charge is 0.493 e. The maximum absolute atomic E-state index is 12.1. The van der Waals surface area contributed by atoms with Crippen LogP contribution in [-0.4, -0.2) is 25.1 Å². The van der Waals surface area contributed by atoms with Gasteiger partial charge in [0.05, 0.1) is 6.61 Å². The van der Waals surface area contributed by atoms with Gasteiger partial charge in [-0.15, -0.1) is 0 Å². The molecule has 0 saturated heterocycles. The zero-order valence-corrected chi connectivity index (χ0v) is 13.9. The molecule has 0 aliphatic heterocycles. The maximum Gasteiger partial charge on any atom is 0.342 e. The lowest BCUT2D eigenvalue weighted by atomic mass is 10.1. The quantitative estimate of drug-likeness (QED) is 0.791. The van der Waals surface area contributed by atoms with E-state index in [9.17, 15) is 9.59 Å². The number of amides is 1. The fraction of sp³-hybridized carbons (Fsp3) is 0.263. The Morgan fingerprint density at radius 2 is 1.71 bits per heavy atom. The zero-order valence-electron chi connectivity index (χ0n) is 13.9. The molecule has 0 fully saturated rings. The molecule has 1 N–H and O–H groups in total. The molecule has 0 aromatic heterocycles. The van der Waals surface area contributed by atoms with E-state index in [-0.39, 0.29) is 12.5 Å². The molecule has 2 rings (SSSR count). The molecule has 1 amide bonds. The lowest BCUT2D eigenvalue weighted by molar-refractivity contribution is -0.119. The third-order valence-corrected chi connectivity index (χ3v) is 3.41. The minimum absolute atomic E-state index is 0.307. The standard InChI is InChI=1S/C19H21NO4/c1-3-14-9-5-7-11-16(14)20-18(21)13-24-19(22)15-10-6-8-12-17(15)23-4-2/h5-12H,3-4,13H2,1-2H3,(H,20,21). The van der Waals surface area contributed by atoms with Gasteiger partial charge in [0.2, 0.25) is 0 Å². The molecule has 5 nitrogen and oxygen atoms in total. The number of carbonyl (C=O) groups excluding carboxylic acids is 2. The molecule has 0 spiro atoms. The predicted octanol–water partition coefficient (Wildman–Crippen LogP) is 3.44. The third kappa shape index (κ3) is 4.59. The number of rotatable bonds is 7. The van der Waals surface area contributed by atoms with Crippen molar-refractivity contribution in [2.75, 3.05) is 18.5 Å². The SMILES string of the molecule is CCOc1ccccc1C(=O)OCC(=O)Nc1ccccc1CC. The number of aryl methyl sites for hydroxylation is 1. The first-order valence-electron chi connectivity index (χ1n) is 7.92. The van der Waals surface area contributed by atoms with Crippen molar-refractivity contribution in [3.63, 3.8) is 0 Å². The molecule has 0 atom stereocenters. The Balaban J connectivity index is 1.95. The predicted molar refractivity (Wildman–Crippen MR) is 92.3 cm³/mol. The average molecular weight is 327 g/mol. The highest BCUT2D eigenvalue weighted by Gasteiger charge is 2.15. The molecule has 0 unspecified atom stereocenters. The van der Waals surface area contributed by atoms with Crippen LogP contribution in [0, 0.1) is 0 Å². The molecule has 2 aromatic rings. The molecular weight excluding hydrogens is 306 g/mol. The topological polar surface area (TPSA) is 64.6 Å². The Morgan fingerprint density at radius 3 is 2.46 bits per heavy atom. The Bertz CT molecular complexity index is 712. The van der Waals surface area contributed by atoms with Crippen molar-refractivity contribution in [1.29, 1.82) is 0 Å². The van der Waals surface area contributed by atoms with Gasteiger partial charge in [-0.1, -0.05) is 37.3 Å².